The maximum Gasteiger partial charge on any atom is 0.215 e. The zero-order valence-corrected chi connectivity index (χ0v) is 9.11. The molecule has 1 rings (SSSR count). The van der Waals surface area contributed by atoms with Gasteiger partial charge in [-0.05, 0) is 18.6 Å². The maximum atomic E-state index is 12.6. The summed E-state index contributed by atoms with van der Waals surface area (Å²) >= 11 is 5.41. The molecule has 5 heteroatoms. The predicted octanol–water partition coefficient (Wildman–Crippen LogP) is 2.70. The van der Waals surface area contributed by atoms with Gasteiger partial charge in [-0.2, -0.15) is 4.39 Å². The summed E-state index contributed by atoms with van der Waals surface area (Å²) in [5.41, 5.74) is 6.15. The van der Waals surface area contributed by atoms with Crippen LogP contribution in [0.5, 0.6) is 0 Å². The third-order valence-corrected chi connectivity index (χ3v) is 1.62. The van der Waals surface area contributed by atoms with Crippen molar-refractivity contribution in [3.8, 4) is 0 Å². The SMILES string of the molecule is CC.Cc1cc(F)nc(N)c1C(=N)Cl. The van der Waals surface area contributed by atoms with Crippen molar-refractivity contribution in [2.75, 3.05) is 5.73 Å². The normalized spacial score (nSPS) is 8.93. The summed E-state index contributed by atoms with van der Waals surface area (Å²) in [6.07, 6.45) is 0. The molecular weight excluding hydrogens is 205 g/mol. The molecule has 0 spiro atoms. The molecule has 14 heavy (non-hydrogen) atoms. The number of aromatic nitrogens is 1. The van der Waals surface area contributed by atoms with Crippen LogP contribution in [0.2, 0.25) is 0 Å². The zero-order chi connectivity index (χ0) is 11.3. The molecule has 0 radical (unpaired) electrons. The first-order valence-corrected chi connectivity index (χ1v) is 4.57. The third-order valence-electron chi connectivity index (χ3n) is 1.43. The zero-order valence-electron chi connectivity index (χ0n) is 8.36. The standard InChI is InChI=1S/C7H7ClFN3.C2H6/c1-3-2-4(9)12-7(11)5(3)6(8)10;1-2/h2,10H,1H3,(H2,11,12);1-2H3. The lowest BCUT2D eigenvalue weighted by atomic mass is 10.1. The largest absolute Gasteiger partial charge is 0.383 e. The molecule has 0 fully saturated rings. The van der Waals surface area contributed by atoms with Gasteiger partial charge in [0.25, 0.3) is 0 Å². The van der Waals surface area contributed by atoms with Crippen LogP contribution in [0.15, 0.2) is 6.07 Å². The van der Waals surface area contributed by atoms with Crippen molar-refractivity contribution in [1.29, 1.82) is 5.41 Å². The topological polar surface area (TPSA) is 62.8 Å². The fourth-order valence-corrected chi connectivity index (χ4v) is 1.19. The van der Waals surface area contributed by atoms with Crippen molar-refractivity contribution in [3.05, 3.63) is 23.1 Å². The lowest BCUT2D eigenvalue weighted by Crippen LogP contribution is -2.05. The molecule has 0 saturated heterocycles. The van der Waals surface area contributed by atoms with E-state index in [9.17, 15) is 4.39 Å². The van der Waals surface area contributed by atoms with E-state index in [0.717, 1.165) is 0 Å². The summed E-state index contributed by atoms with van der Waals surface area (Å²) in [6.45, 7) is 5.62. The van der Waals surface area contributed by atoms with Crippen molar-refractivity contribution < 1.29 is 4.39 Å². The molecular formula is C9H13ClFN3. The third kappa shape index (κ3) is 2.96. The smallest absolute Gasteiger partial charge is 0.215 e. The van der Waals surface area contributed by atoms with Crippen molar-refractivity contribution in [1.82, 2.24) is 4.98 Å². The number of aryl methyl sites for hydroxylation is 1. The fourth-order valence-electron chi connectivity index (χ4n) is 0.942. The molecule has 78 valence electrons. The monoisotopic (exact) mass is 217 g/mol. The Hall–Kier alpha value is -1.16. The summed E-state index contributed by atoms with van der Waals surface area (Å²) in [6, 6.07) is 1.18. The van der Waals surface area contributed by atoms with Gasteiger partial charge in [-0.3, -0.25) is 5.41 Å². The average molecular weight is 218 g/mol. The minimum absolute atomic E-state index is 0.0486. The van der Waals surface area contributed by atoms with Gasteiger partial charge in [-0.25, -0.2) is 4.98 Å². The van der Waals surface area contributed by atoms with E-state index in [4.69, 9.17) is 22.7 Å². The second kappa shape index (κ2) is 5.54. The predicted molar refractivity (Wildman–Crippen MR) is 57.4 cm³/mol. The van der Waals surface area contributed by atoms with E-state index in [1.807, 2.05) is 13.8 Å². The van der Waals surface area contributed by atoms with Gasteiger partial charge in [-0.1, -0.05) is 25.4 Å². The maximum absolute atomic E-state index is 12.6. The number of pyridine rings is 1. The van der Waals surface area contributed by atoms with Crippen molar-refractivity contribution in [2.24, 2.45) is 0 Å². The van der Waals surface area contributed by atoms with Gasteiger partial charge in [0.1, 0.15) is 11.0 Å². The van der Waals surface area contributed by atoms with Gasteiger partial charge in [0.05, 0.1) is 5.56 Å². The first-order valence-electron chi connectivity index (χ1n) is 4.19. The molecule has 0 aliphatic carbocycles. The highest BCUT2D eigenvalue weighted by Gasteiger charge is 2.09. The van der Waals surface area contributed by atoms with E-state index < -0.39 is 5.95 Å². The van der Waals surface area contributed by atoms with E-state index in [-0.39, 0.29) is 16.6 Å². The van der Waals surface area contributed by atoms with Crippen molar-refractivity contribution >= 4 is 22.6 Å². The number of halogens is 2. The molecule has 0 atom stereocenters. The average Bonchev–Trinajstić information content (AvgIpc) is 2.04. The molecule has 1 heterocycles. The molecule has 1 aromatic rings. The summed E-state index contributed by atoms with van der Waals surface area (Å²) in [7, 11) is 0. The second-order valence-electron chi connectivity index (χ2n) is 2.34. The van der Waals surface area contributed by atoms with Crippen LogP contribution in [-0.4, -0.2) is 10.2 Å². The Morgan fingerprint density at radius 1 is 1.57 bits per heavy atom. The fraction of sp³-hybridized carbons (Fsp3) is 0.333. The molecule has 3 N–H and O–H groups in total. The number of nitrogen functional groups attached to an aromatic ring is 1. The van der Waals surface area contributed by atoms with Crippen LogP contribution in [0.1, 0.15) is 25.0 Å². The highest BCUT2D eigenvalue weighted by Crippen LogP contribution is 2.17. The first kappa shape index (κ1) is 12.8. The van der Waals surface area contributed by atoms with Gasteiger partial charge in [0.15, 0.2) is 0 Å². The Balaban J connectivity index is 0.000000791. The molecule has 0 bridgehead atoms. The van der Waals surface area contributed by atoms with E-state index >= 15 is 0 Å². The van der Waals surface area contributed by atoms with Gasteiger partial charge < -0.3 is 5.73 Å². The summed E-state index contributed by atoms with van der Waals surface area (Å²) in [5, 5.41) is 6.89. The number of rotatable bonds is 1. The summed E-state index contributed by atoms with van der Waals surface area (Å²) < 4.78 is 12.6. The first-order chi connectivity index (χ1) is 6.52. The van der Waals surface area contributed by atoms with E-state index in [1.54, 1.807) is 6.92 Å². The van der Waals surface area contributed by atoms with Crippen LogP contribution in [-0.2, 0) is 0 Å². The molecule has 0 amide bonds. The van der Waals surface area contributed by atoms with Gasteiger partial charge in [0, 0.05) is 0 Å². The lowest BCUT2D eigenvalue weighted by Gasteiger charge is -2.04. The Labute approximate surface area is 87.6 Å². The Kier molecular flexibility index (Phi) is 5.09. The van der Waals surface area contributed by atoms with Gasteiger partial charge in [-0.15, -0.1) is 0 Å². The van der Waals surface area contributed by atoms with E-state index in [0.29, 0.717) is 5.56 Å². The van der Waals surface area contributed by atoms with Gasteiger partial charge >= 0.3 is 0 Å². The molecule has 3 nitrogen and oxygen atoms in total. The number of hydrogen-bond acceptors (Lipinski definition) is 3. The number of nitrogens with two attached hydrogens (primary N) is 1. The van der Waals surface area contributed by atoms with Crippen LogP contribution in [0.25, 0.3) is 0 Å². The highest BCUT2D eigenvalue weighted by molar-refractivity contribution is 6.69. The number of hydrogen-bond donors (Lipinski definition) is 2. The Morgan fingerprint density at radius 3 is 2.43 bits per heavy atom. The molecule has 1 aromatic heterocycles. The Morgan fingerprint density at radius 2 is 2.07 bits per heavy atom. The Bertz CT molecular complexity index is 316. The number of anilines is 1. The number of nitrogens with zero attached hydrogens (tertiary/aromatic N) is 1. The molecule has 0 aromatic carbocycles. The van der Waals surface area contributed by atoms with E-state index in [1.165, 1.54) is 6.07 Å². The minimum atomic E-state index is -0.660. The molecule has 0 aliphatic heterocycles. The summed E-state index contributed by atoms with van der Waals surface area (Å²) in [5.74, 6) is -0.709. The minimum Gasteiger partial charge on any atom is -0.383 e. The lowest BCUT2D eigenvalue weighted by molar-refractivity contribution is 0.584. The van der Waals surface area contributed by atoms with Crippen LogP contribution in [0, 0.1) is 18.3 Å². The van der Waals surface area contributed by atoms with Crippen LogP contribution < -0.4 is 5.73 Å². The van der Waals surface area contributed by atoms with Crippen LogP contribution in [0.3, 0.4) is 0 Å². The number of nitrogens with one attached hydrogen (secondary N) is 1. The van der Waals surface area contributed by atoms with Crippen molar-refractivity contribution in [3.63, 3.8) is 0 Å². The molecule has 0 unspecified atom stereocenters. The second-order valence-corrected chi connectivity index (χ2v) is 2.71. The summed E-state index contributed by atoms with van der Waals surface area (Å²) in [4.78, 5) is 3.34. The van der Waals surface area contributed by atoms with Crippen LogP contribution in [0.4, 0.5) is 10.2 Å². The highest BCUT2D eigenvalue weighted by atomic mass is 35.5. The molecule has 0 aliphatic rings. The molecule has 0 saturated carbocycles. The van der Waals surface area contributed by atoms with Crippen LogP contribution >= 0.6 is 11.6 Å². The van der Waals surface area contributed by atoms with Gasteiger partial charge in [0.2, 0.25) is 5.95 Å². The van der Waals surface area contributed by atoms with Crippen molar-refractivity contribution in [2.45, 2.75) is 20.8 Å². The van der Waals surface area contributed by atoms with E-state index in [2.05, 4.69) is 4.98 Å². The quantitative estimate of drug-likeness (QED) is 0.561.